The van der Waals surface area contributed by atoms with E-state index in [1.165, 1.54) is 11.3 Å². The van der Waals surface area contributed by atoms with Gasteiger partial charge >= 0.3 is 0 Å². The minimum atomic E-state index is -0.240. The van der Waals surface area contributed by atoms with Crippen molar-refractivity contribution in [1.82, 2.24) is 19.9 Å². The molecule has 5 nitrogen and oxygen atoms in total. The van der Waals surface area contributed by atoms with Crippen molar-refractivity contribution >= 4 is 39.9 Å². The molecular weight excluding hydrogens is 344 g/mol. The smallest absolute Gasteiger partial charge is 0.271 e. The Morgan fingerprint density at radius 2 is 1.96 bits per heavy atom. The summed E-state index contributed by atoms with van der Waals surface area (Å²) in [6.07, 6.45) is 0. The summed E-state index contributed by atoms with van der Waals surface area (Å²) >= 11 is 7.35. The zero-order valence-corrected chi connectivity index (χ0v) is 15.6. The lowest BCUT2D eigenvalue weighted by Crippen LogP contribution is -2.29. The molecule has 0 bridgehead atoms. The predicted octanol–water partition coefficient (Wildman–Crippen LogP) is 4.30. The highest BCUT2D eigenvalue weighted by molar-refractivity contribution is 7.16. The van der Waals surface area contributed by atoms with Gasteiger partial charge in [-0.15, -0.1) is 11.3 Å². The molecule has 0 saturated heterocycles. The van der Waals surface area contributed by atoms with E-state index in [1.807, 2.05) is 56.7 Å². The Bertz CT molecular complexity index is 899. The molecule has 126 valence electrons. The Hall–Kier alpha value is -1.92. The van der Waals surface area contributed by atoms with Crippen molar-refractivity contribution in [3.8, 4) is 0 Å². The van der Waals surface area contributed by atoms with E-state index in [2.05, 4.69) is 15.3 Å². The van der Waals surface area contributed by atoms with Crippen molar-refractivity contribution in [2.75, 3.05) is 0 Å². The minimum Gasteiger partial charge on any atom is -0.341 e. The Morgan fingerprint density at radius 3 is 2.62 bits per heavy atom. The lowest BCUT2D eigenvalue weighted by atomic mass is 10.1. The molecule has 0 saturated carbocycles. The summed E-state index contributed by atoms with van der Waals surface area (Å²) in [5.74, 6) is 0.778. The molecule has 0 aliphatic heterocycles. The number of nitrogens with one attached hydrogen (secondary N) is 1. The van der Waals surface area contributed by atoms with Crippen LogP contribution in [0.25, 0.3) is 11.0 Å². The maximum absolute atomic E-state index is 12.6. The van der Waals surface area contributed by atoms with Crippen molar-refractivity contribution in [2.45, 2.75) is 32.7 Å². The molecule has 24 heavy (non-hydrogen) atoms. The van der Waals surface area contributed by atoms with Crippen LogP contribution in [-0.4, -0.2) is 20.4 Å². The molecule has 1 amide bonds. The fourth-order valence-corrected chi connectivity index (χ4v) is 3.86. The Labute approximate surface area is 149 Å². The van der Waals surface area contributed by atoms with Crippen LogP contribution in [-0.2, 0) is 7.05 Å². The second kappa shape index (κ2) is 6.53. The molecule has 1 atom stereocenters. The zero-order chi connectivity index (χ0) is 17.4. The van der Waals surface area contributed by atoms with Gasteiger partial charge in [0, 0.05) is 11.9 Å². The Balaban J connectivity index is 1.87. The normalized spacial score (nSPS) is 12.8. The van der Waals surface area contributed by atoms with Gasteiger partial charge in [0.05, 0.1) is 17.1 Å². The number of carbonyl (C=O) groups is 1. The van der Waals surface area contributed by atoms with Gasteiger partial charge in [0.1, 0.15) is 11.5 Å². The van der Waals surface area contributed by atoms with E-state index in [9.17, 15) is 4.79 Å². The molecule has 0 aliphatic rings. The van der Waals surface area contributed by atoms with Gasteiger partial charge in [-0.25, -0.2) is 9.97 Å². The molecule has 0 unspecified atom stereocenters. The Morgan fingerprint density at radius 1 is 1.25 bits per heavy atom. The first-order chi connectivity index (χ1) is 11.4. The van der Waals surface area contributed by atoms with Gasteiger partial charge in [-0.05, 0) is 25.0 Å². The first kappa shape index (κ1) is 16.9. The number of thiazole rings is 1. The van der Waals surface area contributed by atoms with E-state index < -0.39 is 0 Å². The first-order valence-corrected chi connectivity index (χ1v) is 8.96. The van der Waals surface area contributed by atoms with Crippen LogP contribution in [0.15, 0.2) is 24.3 Å². The number of aryl methyl sites for hydroxylation is 1. The third-order valence-corrected chi connectivity index (χ3v) is 5.38. The zero-order valence-electron chi connectivity index (χ0n) is 14.0. The molecule has 0 radical (unpaired) electrons. The summed E-state index contributed by atoms with van der Waals surface area (Å²) in [5.41, 5.74) is 2.36. The van der Waals surface area contributed by atoms with E-state index in [0.717, 1.165) is 21.7 Å². The molecule has 7 heteroatoms. The lowest BCUT2D eigenvalue weighted by molar-refractivity contribution is 0.0932. The van der Waals surface area contributed by atoms with Crippen LogP contribution in [0.4, 0.5) is 0 Å². The SMILES string of the molecule is CC(C)c1sc(Cl)nc1C(=O)N[C@H](C)c1nc2ccccc2n1C. The van der Waals surface area contributed by atoms with Gasteiger partial charge in [-0.1, -0.05) is 37.6 Å². The van der Waals surface area contributed by atoms with E-state index in [0.29, 0.717) is 10.2 Å². The van der Waals surface area contributed by atoms with Gasteiger partial charge in [-0.2, -0.15) is 0 Å². The number of aromatic nitrogens is 3. The molecule has 2 aromatic heterocycles. The third-order valence-electron chi connectivity index (χ3n) is 3.92. The summed E-state index contributed by atoms with van der Waals surface area (Å²) in [7, 11) is 1.95. The standard InChI is InChI=1S/C17H19ClN4OS/c1-9(2)14-13(21-17(18)24-14)16(23)19-10(3)15-20-11-7-5-6-8-12(11)22(15)4/h5-10H,1-4H3,(H,19,23)/t10-/m1/s1. The van der Waals surface area contributed by atoms with E-state index >= 15 is 0 Å². The number of benzene rings is 1. The predicted molar refractivity (Wildman–Crippen MR) is 97.8 cm³/mol. The molecular formula is C17H19ClN4OS. The van der Waals surface area contributed by atoms with E-state index in [-0.39, 0.29) is 17.9 Å². The van der Waals surface area contributed by atoms with Crippen LogP contribution in [0.1, 0.15) is 53.9 Å². The van der Waals surface area contributed by atoms with Gasteiger partial charge in [-0.3, -0.25) is 4.79 Å². The number of rotatable bonds is 4. The summed E-state index contributed by atoms with van der Waals surface area (Å²) in [6.45, 7) is 5.97. The molecule has 0 fully saturated rings. The largest absolute Gasteiger partial charge is 0.341 e. The number of amides is 1. The van der Waals surface area contributed by atoms with Crippen LogP contribution < -0.4 is 5.32 Å². The Kier molecular flexibility index (Phi) is 4.60. The van der Waals surface area contributed by atoms with Crippen molar-refractivity contribution < 1.29 is 4.79 Å². The quantitative estimate of drug-likeness (QED) is 0.752. The van der Waals surface area contributed by atoms with E-state index in [4.69, 9.17) is 11.6 Å². The third kappa shape index (κ3) is 3.03. The van der Waals surface area contributed by atoms with Gasteiger partial charge in [0.15, 0.2) is 4.47 Å². The molecule has 2 heterocycles. The summed E-state index contributed by atoms with van der Waals surface area (Å²) in [5, 5.41) is 2.99. The highest BCUT2D eigenvalue weighted by Crippen LogP contribution is 2.30. The van der Waals surface area contributed by atoms with Crippen LogP contribution in [0.3, 0.4) is 0 Å². The average Bonchev–Trinajstić information content (AvgIpc) is 3.09. The lowest BCUT2D eigenvalue weighted by Gasteiger charge is -2.14. The maximum Gasteiger partial charge on any atom is 0.271 e. The van der Waals surface area contributed by atoms with Gasteiger partial charge < -0.3 is 9.88 Å². The average molecular weight is 363 g/mol. The molecule has 1 aromatic carbocycles. The maximum atomic E-state index is 12.6. The second-order valence-corrected chi connectivity index (χ2v) is 7.66. The van der Waals surface area contributed by atoms with Crippen LogP contribution in [0.2, 0.25) is 4.47 Å². The number of halogens is 1. The second-order valence-electron chi connectivity index (χ2n) is 6.05. The van der Waals surface area contributed by atoms with E-state index in [1.54, 1.807) is 0 Å². The molecule has 0 aliphatic carbocycles. The molecule has 0 spiro atoms. The number of fused-ring (bicyclic) bond motifs is 1. The number of imidazole rings is 1. The van der Waals surface area contributed by atoms with Crippen molar-refractivity contribution in [1.29, 1.82) is 0 Å². The minimum absolute atomic E-state index is 0.196. The summed E-state index contributed by atoms with van der Waals surface area (Å²) in [6, 6.07) is 7.66. The van der Waals surface area contributed by atoms with Crippen LogP contribution in [0.5, 0.6) is 0 Å². The number of hydrogen-bond donors (Lipinski definition) is 1. The number of para-hydroxylation sites is 2. The van der Waals surface area contributed by atoms with Crippen molar-refractivity contribution in [2.24, 2.45) is 7.05 Å². The molecule has 1 N–H and O–H groups in total. The van der Waals surface area contributed by atoms with Gasteiger partial charge in [0.2, 0.25) is 0 Å². The number of nitrogens with zero attached hydrogens (tertiary/aromatic N) is 3. The number of carbonyl (C=O) groups excluding carboxylic acids is 1. The molecule has 3 rings (SSSR count). The highest BCUT2D eigenvalue weighted by atomic mass is 35.5. The first-order valence-electron chi connectivity index (χ1n) is 7.77. The highest BCUT2D eigenvalue weighted by Gasteiger charge is 2.23. The fourth-order valence-electron chi connectivity index (χ4n) is 2.74. The van der Waals surface area contributed by atoms with Crippen molar-refractivity contribution in [3.05, 3.63) is 45.1 Å². The molecule has 3 aromatic rings. The van der Waals surface area contributed by atoms with Gasteiger partial charge in [0.25, 0.3) is 5.91 Å². The fraction of sp³-hybridized carbons (Fsp3) is 0.353. The summed E-state index contributed by atoms with van der Waals surface area (Å²) in [4.78, 5) is 22.3. The summed E-state index contributed by atoms with van der Waals surface area (Å²) < 4.78 is 2.39. The topological polar surface area (TPSA) is 59.8 Å². The van der Waals surface area contributed by atoms with Crippen LogP contribution in [0, 0.1) is 0 Å². The van der Waals surface area contributed by atoms with Crippen molar-refractivity contribution in [3.63, 3.8) is 0 Å². The van der Waals surface area contributed by atoms with Crippen LogP contribution >= 0.6 is 22.9 Å². The monoisotopic (exact) mass is 362 g/mol. The number of hydrogen-bond acceptors (Lipinski definition) is 4.